The van der Waals surface area contributed by atoms with E-state index in [0.29, 0.717) is 6.42 Å². The minimum Gasteiger partial charge on any atom is -0.298 e. The van der Waals surface area contributed by atoms with Crippen LogP contribution in [0.1, 0.15) is 38.5 Å². The van der Waals surface area contributed by atoms with Crippen LogP contribution in [0.4, 0.5) is 0 Å². The maximum Gasteiger partial charge on any atom is 0.226 e. The zero-order valence-electron chi connectivity index (χ0n) is 10.4. The molecule has 0 aromatic heterocycles. The molecule has 6 nitrogen and oxygen atoms in total. The lowest BCUT2D eigenvalue weighted by Crippen LogP contribution is -2.41. The predicted molar refractivity (Wildman–Crippen MR) is 62.9 cm³/mol. The summed E-state index contributed by atoms with van der Waals surface area (Å²) in [5.74, 6) is -3.46. The minimum atomic E-state index is -1.16. The van der Waals surface area contributed by atoms with Crippen LogP contribution in [0.3, 0.4) is 0 Å². The highest BCUT2D eigenvalue weighted by atomic mass is 16.2. The Labute approximate surface area is 109 Å². The van der Waals surface area contributed by atoms with E-state index in [-0.39, 0.29) is 43.7 Å². The van der Waals surface area contributed by atoms with Crippen LogP contribution in [0.5, 0.6) is 0 Å². The molecule has 1 heterocycles. The van der Waals surface area contributed by atoms with Gasteiger partial charge in [-0.3, -0.25) is 29.3 Å². The number of imide groups is 1. The van der Waals surface area contributed by atoms with Gasteiger partial charge in [-0.1, -0.05) is 0 Å². The second-order valence-electron chi connectivity index (χ2n) is 5.14. The Hall–Kier alpha value is -1.85. The smallest absolute Gasteiger partial charge is 0.226 e. The van der Waals surface area contributed by atoms with Crippen LogP contribution >= 0.6 is 0 Å². The van der Waals surface area contributed by atoms with Gasteiger partial charge in [0.15, 0.2) is 17.3 Å². The summed E-state index contributed by atoms with van der Waals surface area (Å²) in [6.07, 6.45) is 1.14. The third kappa shape index (κ3) is 3.13. The highest BCUT2D eigenvalue weighted by Gasteiger charge is 2.37. The molecule has 0 radical (unpaired) electrons. The van der Waals surface area contributed by atoms with Crippen molar-refractivity contribution >= 4 is 29.2 Å². The first-order chi connectivity index (χ1) is 8.97. The van der Waals surface area contributed by atoms with Crippen molar-refractivity contribution in [2.45, 2.75) is 38.5 Å². The number of Topliss-reactive ketones (excluding diaryl/α,β-unsaturated/α-hetero) is 3. The third-order valence-corrected chi connectivity index (χ3v) is 3.53. The molecule has 2 aliphatic rings. The monoisotopic (exact) mass is 265 g/mol. The first kappa shape index (κ1) is 13.6. The summed E-state index contributed by atoms with van der Waals surface area (Å²) in [6.45, 7) is 0. The third-order valence-electron chi connectivity index (χ3n) is 3.53. The summed E-state index contributed by atoms with van der Waals surface area (Å²) in [5, 5.41) is 2.16. The van der Waals surface area contributed by atoms with Gasteiger partial charge >= 0.3 is 0 Å². The molecule has 0 atom stereocenters. The van der Waals surface area contributed by atoms with E-state index in [1.165, 1.54) is 0 Å². The number of hydrogen-bond donors (Lipinski definition) is 1. The molecule has 102 valence electrons. The summed E-state index contributed by atoms with van der Waals surface area (Å²) in [5.41, 5.74) is 0. The van der Waals surface area contributed by atoms with Gasteiger partial charge in [-0.25, -0.2) is 0 Å². The van der Waals surface area contributed by atoms with Crippen LogP contribution in [0.25, 0.3) is 0 Å². The van der Waals surface area contributed by atoms with Crippen LogP contribution < -0.4 is 5.32 Å². The van der Waals surface area contributed by atoms with E-state index >= 15 is 0 Å². The van der Waals surface area contributed by atoms with E-state index in [2.05, 4.69) is 5.32 Å². The summed E-state index contributed by atoms with van der Waals surface area (Å²) in [7, 11) is 0. The molecule has 0 unspecified atom stereocenters. The summed E-state index contributed by atoms with van der Waals surface area (Å²) in [6, 6.07) is 0. The van der Waals surface area contributed by atoms with Gasteiger partial charge in [-0.15, -0.1) is 0 Å². The quantitative estimate of drug-likeness (QED) is 0.569. The van der Waals surface area contributed by atoms with E-state index in [0.717, 1.165) is 0 Å². The van der Waals surface area contributed by atoms with Crippen LogP contribution in [0.15, 0.2) is 0 Å². The van der Waals surface area contributed by atoms with Gasteiger partial charge < -0.3 is 0 Å². The second kappa shape index (κ2) is 5.42. The lowest BCUT2D eigenvalue weighted by Gasteiger charge is -2.23. The van der Waals surface area contributed by atoms with Crippen molar-refractivity contribution in [3.63, 3.8) is 0 Å². The molecular formula is C13H15NO5. The maximum atomic E-state index is 12.0. The molecule has 1 saturated heterocycles. The summed E-state index contributed by atoms with van der Waals surface area (Å²) < 4.78 is 0. The number of rotatable bonds is 3. The zero-order valence-corrected chi connectivity index (χ0v) is 10.4. The van der Waals surface area contributed by atoms with Crippen molar-refractivity contribution in [1.82, 2.24) is 5.32 Å². The number of amides is 2. The predicted octanol–water partition coefficient (Wildman–Crippen LogP) is -0.0633. The van der Waals surface area contributed by atoms with Gasteiger partial charge in [0.2, 0.25) is 11.8 Å². The molecule has 2 amide bonds. The maximum absolute atomic E-state index is 12.0. The molecule has 0 bridgehead atoms. The van der Waals surface area contributed by atoms with E-state index in [4.69, 9.17) is 0 Å². The normalized spacial score (nSPS) is 22.5. The molecule has 2 rings (SSSR count). The van der Waals surface area contributed by atoms with Crippen molar-refractivity contribution in [2.75, 3.05) is 0 Å². The van der Waals surface area contributed by atoms with Gasteiger partial charge in [0, 0.05) is 32.1 Å². The molecule has 6 heteroatoms. The second-order valence-corrected chi connectivity index (χ2v) is 5.14. The number of nitrogens with one attached hydrogen (secondary N) is 1. The highest BCUT2D eigenvalue weighted by Crippen LogP contribution is 2.24. The van der Waals surface area contributed by atoms with Crippen molar-refractivity contribution in [3.8, 4) is 0 Å². The van der Waals surface area contributed by atoms with E-state index in [9.17, 15) is 24.0 Å². The topological polar surface area (TPSA) is 97.4 Å². The fraction of sp³-hybridized carbons (Fsp3) is 0.615. The fourth-order valence-electron chi connectivity index (χ4n) is 2.67. The molecule has 2 fully saturated rings. The fourth-order valence-corrected chi connectivity index (χ4v) is 2.67. The van der Waals surface area contributed by atoms with E-state index in [1.807, 2.05) is 0 Å². The molecule has 1 aliphatic heterocycles. The Morgan fingerprint density at radius 3 is 2.05 bits per heavy atom. The summed E-state index contributed by atoms with van der Waals surface area (Å²) in [4.78, 5) is 57.7. The Morgan fingerprint density at radius 2 is 1.53 bits per heavy atom. The van der Waals surface area contributed by atoms with Gasteiger partial charge in [-0.2, -0.15) is 0 Å². The number of carbonyl (C=O) groups excluding carboxylic acids is 5. The number of ketones is 3. The van der Waals surface area contributed by atoms with Crippen molar-refractivity contribution in [2.24, 2.45) is 11.8 Å². The molecule has 0 aromatic rings. The number of piperidine rings is 1. The lowest BCUT2D eigenvalue weighted by atomic mass is 9.79. The molecular weight excluding hydrogens is 250 g/mol. The molecule has 0 spiro atoms. The Bertz CT molecular complexity index is 436. The number of carbonyl (C=O) groups is 5. The zero-order chi connectivity index (χ0) is 14.0. The Morgan fingerprint density at radius 1 is 1.00 bits per heavy atom. The summed E-state index contributed by atoms with van der Waals surface area (Å²) >= 11 is 0. The number of hydrogen-bond acceptors (Lipinski definition) is 5. The Kier molecular flexibility index (Phi) is 3.87. The standard InChI is InChI=1S/C13H15NO5/c15-8-2-1-3-9(16)13(8)10(17)4-7-5-11(18)14-12(19)6-7/h7,13H,1-6H2,(H,14,18,19). The highest BCUT2D eigenvalue weighted by molar-refractivity contribution is 6.20. The average molecular weight is 265 g/mol. The molecule has 1 N–H and O–H groups in total. The van der Waals surface area contributed by atoms with Crippen molar-refractivity contribution in [3.05, 3.63) is 0 Å². The van der Waals surface area contributed by atoms with Crippen LogP contribution in [0, 0.1) is 11.8 Å². The van der Waals surface area contributed by atoms with Crippen molar-refractivity contribution < 1.29 is 24.0 Å². The SMILES string of the molecule is O=C1CC(CC(=O)C2C(=O)CCCC2=O)CC(=O)N1. The van der Waals surface area contributed by atoms with Gasteiger partial charge in [0.25, 0.3) is 0 Å². The van der Waals surface area contributed by atoms with E-state index < -0.39 is 29.4 Å². The minimum absolute atomic E-state index is 0.0543. The van der Waals surface area contributed by atoms with Gasteiger partial charge in [0.1, 0.15) is 5.92 Å². The average Bonchev–Trinajstić information content (AvgIpc) is 2.26. The first-order valence-electron chi connectivity index (χ1n) is 6.38. The molecule has 1 aliphatic carbocycles. The van der Waals surface area contributed by atoms with Crippen molar-refractivity contribution in [1.29, 1.82) is 0 Å². The molecule has 0 aromatic carbocycles. The Balaban J connectivity index is 2.00. The lowest BCUT2D eigenvalue weighted by molar-refractivity contribution is -0.142. The van der Waals surface area contributed by atoms with E-state index in [1.54, 1.807) is 0 Å². The molecule has 1 saturated carbocycles. The van der Waals surface area contributed by atoms with Crippen LogP contribution in [-0.4, -0.2) is 29.2 Å². The van der Waals surface area contributed by atoms with Crippen LogP contribution in [-0.2, 0) is 24.0 Å². The largest absolute Gasteiger partial charge is 0.298 e. The molecule has 19 heavy (non-hydrogen) atoms. The van der Waals surface area contributed by atoms with Gasteiger partial charge in [0.05, 0.1) is 0 Å². The van der Waals surface area contributed by atoms with Crippen LogP contribution in [0.2, 0.25) is 0 Å². The van der Waals surface area contributed by atoms with Gasteiger partial charge in [-0.05, 0) is 12.3 Å². The first-order valence-corrected chi connectivity index (χ1v) is 6.38.